The number of phenols is 1. The second-order valence-electron chi connectivity index (χ2n) is 12.9. The molecular formula is C33H54N14O6. The van der Waals surface area contributed by atoms with Gasteiger partial charge < -0.3 is 65.8 Å². The highest BCUT2D eigenvalue weighted by Crippen LogP contribution is 2.13. The number of amides is 5. The van der Waals surface area contributed by atoms with Gasteiger partial charge in [0, 0.05) is 37.8 Å². The first-order valence-corrected chi connectivity index (χ1v) is 17.2. The fourth-order valence-electron chi connectivity index (χ4n) is 5.16. The quantitative estimate of drug-likeness (QED) is 0.0304. The van der Waals surface area contributed by atoms with Crippen LogP contribution < -0.4 is 55.7 Å². The van der Waals surface area contributed by atoms with Gasteiger partial charge in [0.15, 0.2) is 11.9 Å². The number of nitrogens with one attached hydrogen (secondary N) is 5. The van der Waals surface area contributed by atoms with Crippen LogP contribution in [0.1, 0.15) is 57.2 Å². The van der Waals surface area contributed by atoms with Gasteiger partial charge in [-0.05, 0) is 55.7 Å². The van der Waals surface area contributed by atoms with Gasteiger partial charge in [-0.1, -0.05) is 26.0 Å². The lowest BCUT2D eigenvalue weighted by Crippen LogP contribution is -2.59. The molecule has 0 saturated carbocycles. The van der Waals surface area contributed by atoms with Crippen molar-refractivity contribution < 1.29 is 29.1 Å². The summed E-state index contributed by atoms with van der Waals surface area (Å²) < 4.78 is 0. The molecule has 0 unspecified atom stereocenters. The Morgan fingerprint density at radius 1 is 0.736 bits per heavy atom. The molecule has 20 heteroatoms. The van der Waals surface area contributed by atoms with Gasteiger partial charge in [0.2, 0.25) is 29.5 Å². The number of imidazole rings is 1. The number of benzene rings is 1. The molecular weight excluding hydrogens is 688 g/mol. The minimum Gasteiger partial charge on any atom is -0.508 e. The highest BCUT2D eigenvalue weighted by atomic mass is 16.3. The number of carbonyl (C=O) groups excluding carboxylic acids is 5. The van der Waals surface area contributed by atoms with Crippen molar-refractivity contribution in [1.29, 1.82) is 0 Å². The van der Waals surface area contributed by atoms with Gasteiger partial charge in [0.1, 0.15) is 29.9 Å². The molecule has 5 amide bonds. The number of hydrogen-bond donors (Lipinski definition) is 12. The molecule has 0 bridgehead atoms. The maximum atomic E-state index is 13.8. The molecule has 0 spiro atoms. The third kappa shape index (κ3) is 16.8. The second kappa shape index (κ2) is 22.1. The SMILES string of the molecule is CC(C)C[C@H](NC(=O)[C@@H](CCCN=C(N)N)NC(=O)[C@@H](N)Cc1cnc[nH]1)C(=O)N[C@@H](CCCN=C(N)N)C(=O)N[C@@H](Cc1ccc(O)cc1)C(N)=O. The van der Waals surface area contributed by atoms with E-state index in [0.29, 0.717) is 17.7 Å². The number of aromatic hydroxyl groups is 1. The van der Waals surface area contributed by atoms with Crippen LogP contribution in [0.2, 0.25) is 0 Å². The van der Waals surface area contributed by atoms with Crippen molar-refractivity contribution in [2.45, 2.75) is 89.0 Å². The lowest BCUT2D eigenvalue weighted by Gasteiger charge is -2.27. The Kier molecular flexibility index (Phi) is 18.0. The number of carbonyl (C=O) groups is 5. The van der Waals surface area contributed by atoms with Crippen molar-refractivity contribution in [1.82, 2.24) is 31.2 Å². The lowest BCUT2D eigenvalue weighted by molar-refractivity contribution is -0.135. The Labute approximate surface area is 307 Å². The Morgan fingerprint density at radius 3 is 1.70 bits per heavy atom. The predicted octanol–water partition coefficient (Wildman–Crippen LogP) is -3.19. The van der Waals surface area contributed by atoms with E-state index >= 15 is 0 Å². The number of primary amides is 1. The molecule has 2 aromatic rings. The Balaban J connectivity index is 2.27. The molecule has 1 heterocycles. The second-order valence-corrected chi connectivity index (χ2v) is 12.9. The van der Waals surface area contributed by atoms with Gasteiger partial charge in [-0.3, -0.25) is 34.0 Å². The number of aliphatic imine (C=N–C) groups is 2. The van der Waals surface area contributed by atoms with E-state index in [1.165, 1.54) is 24.7 Å². The van der Waals surface area contributed by atoms with Crippen LogP contribution in [0.25, 0.3) is 0 Å². The molecule has 0 aliphatic carbocycles. The number of phenolic OH excluding ortho intramolecular Hbond substituents is 1. The number of rotatable bonds is 23. The zero-order valence-electron chi connectivity index (χ0n) is 30.1. The molecule has 292 valence electrons. The summed E-state index contributed by atoms with van der Waals surface area (Å²) in [5, 5.41) is 20.3. The molecule has 2 rings (SSSR count). The summed E-state index contributed by atoms with van der Waals surface area (Å²) in [4.78, 5) is 81.2. The summed E-state index contributed by atoms with van der Waals surface area (Å²) in [6, 6.07) is 0.385. The first-order chi connectivity index (χ1) is 25.0. The van der Waals surface area contributed by atoms with Crippen molar-refractivity contribution in [3.05, 3.63) is 48.0 Å². The Morgan fingerprint density at radius 2 is 1.23 bits per heavy atom. The van der Waals surface area contributed by atoms with Crippen molar-refractivity contribution in [3.8, 4) is 5.75 Å². The van der Waals surface area contributed by atoms with Crippen molar-refractivity contribution in [2.24, 2.45) is 50.3 Å². The van der Waals surface area contributed by atoms with Crippen molar-refractivity contribution in [2.75, 3.05) is 13.1 Å². The van der Waals surface area contributed by atoms with Gasteiger partial charge in [-0.2, -0.15) is 0 Å². The number of nitrogens with two attached hydrogens (primary N) is 6. The van der Waals surface area contributed by atoms with E-state index in [1.54, 1.807) is 12.1 Å². The number of nitrogens with zero attached hydrogens (tertiary/aromatic N) is 3. The molecule has 53 heavy (non-hydrogen) atoms. The van der Waals surface area contributed by atoms with Crippen LogP contribution in [0.4, 0.5) is 0 Å². The van der Waals surface area contributed by atoms with Crippen LogP contribution in [0, 0.1) is 5.92 Å². The van der Waals surface area contributed by atoms with Crippen LogP contribution in [0.3, 0.4) is 0 Å². The summed E-state index contributed by atoms with van der Waals surface area (Å²) in [6.07, 6.45) is 4.01. The van der Waals surface area contributed by atoms with E-state index in [0.717, 1.165) is 0 Å². The molecule has 0 aliphatic rings. The topological polar surface area (TPSA) is 363 Å². The third-order valence-corrected chi connectivity index (χ3v) is 7.86. The fourth-order valence-corrected chi connectivity index (χ4v) is 5.16. The average Bonchev–Trinajstić information content (AvgIpc) is 3.60. The number of hydrogen-bond acceptors (Lipinski definition) is 10. The monoisotopic (exact) mass is 742 g/mol. The van der Waals surface area contributed by atoms with E-state index in [1.807, 2.05) is 13.8 Å². The largest absolute Gasteiger partial charge is 0.508 e. The van der Waals surface area contributed by atoms with Crippen LogP contribution in [-0.4, -0.2) is 99.8 Å². The maximum absolute atomic E-state index is 13.8. The molecule has 20 nitrogen and oxygen atoms in total. The van der Waals surface area contributed by atoms with Crippen molar-refractivity contribution >= 4 is 41.5 Å². The number of aromatic amines is 1. The highest BCUT2D eigenvalue weighted by Gasteiger charge is 2.32. The van der Waals surface area contributed by atoms with E-state index in [-0.39, 0.29) is 75.2 Å². The minimum atomic E-state index is -1.19. The zero-order chi connectivity index (χ0) is 39.5. The summed E-state index contributed by atoms with van der Waals surface area (Å²) >= 11 is 0. The Hall–Kier alpha value is -5.92. The van der Waals surface area contributed by atoms with Crippen LogP contribution >= 0.6 is 0 Å². The van der Waals surface area contributed by atoms with Crippen molar-refractivity contribution in [3.63, 3.8) is 0 Å². The first kappa shape index (κ1) is 43.2. The summed E-state index contributed by atoms with van der Waals surface area (Å²) in [5.41, 5.74) is 34.7. The number of guanidine groups is 2. The van der Waals surface area contributed by atoms with Gasteiger partial charge in [0.05, 0.1) is 12.4 Å². The summed E-state index contributed by atoms with van der Waals surface area (Å²) in [6.45, 7) is 4.00. The summed E-state index contributed by atoms with van der Waals surface area (Å²) in [7, 11) is 0. The van der Waals surface area contributed by atoms with E-state index in [4.69, 9.17) is 34.4 Å². The third-order valence-electron chi connectivity index (χ3n) is 7.86. The predicted molar refractivity (Wildman–Crippen MR) is 198 cm³/mol. The zero-order valence-corrected chi connectivity index (χ0v) is 30.1. The number of aromatic nitrogens is 2. The van der Waals surface area contributed by atoms with Gasteiger partial charge in [0.25, 0.3) is 0 Å². The first-order valence-electron chi connectivity index (χ1n) is 17.2. The fraction of sp³-hybridized carbons (Fsp3) is 0.515. The molecule has 1 aromatic carbocycles. The van der Waals surface area contributed by atoms with Gasteiger partial charge >= 0.3 is 0 Å². The smallest absolute Gasteiger partial charge is 0.243 e. The molecule has 0 fully saturated rings. The van der Waals surface area contributed by atoms with E-state index < -0.39 is 59.7 Å². The molecule has 1 aromatic heterocycles. The lowest BCUT2D eigenvalue weighted by atomic mass is 10.0. The molecule has 0 saturated heterocycles. The van der Waals surface area contributed by atoms with Gasteiger partial charge in [-0.25, -0.2) is 4.98 Å². The molecule has 5 atom stereocenters. The van der Waals surface area contributed by atoms with Crippen LogP contribution in [0.15, 0.2) is 46.8 Å². The summed E-state index contributed by atoms with van der Waals surface area (Å²) in [5.74, 6) is -3.87. The number of H-pyrrole nitrogens is 1. The van der Waals surface area contributed by atoms with E-state index in [2.05, 4.69) is 41.2 Å². The standard InChI is InChI=1S/C33H54N14O6/c1-18(2)13-26(47-30(52)23(5-3-11-41-32(36)37)44-28(50)22(34)15-20-16-40-17-43-20)31(53)45-24(6-4-12-42-33(38)39)29(51)46-25(27(35)49)14-19-7-9-21(48)10-8-19/h7-10,16-18,22-26,48H,3-6,11-15,34H2,1-2H3,(H2,35,49)(H,40,43)(H,44,50)(H,45,53)(H,46,51)(H,47,52)(H4,36,37,41)(H4,38,39,42)/t22-,23+,24-,25-,26-/m0/s1. The van der Waals surface area contributed by atoms with Crippen LogP contribution in [-0.2, 0) is 36.8 Å². The van der Waals surface area contributed by atoms with E-state index in [9.17, 15) is 29.1 Å². The molecule has 18 N–H and O–H groups in total. The Bertz CT molecular complexity index is 1540. The van der Waals surface area contributed by atoms with Gasteiger partial charge in [-0.15, -0.1) is 0 Å². The molecule has 0 aliphatic heterocycles. The highest BCUT2D eigenvalue weighted by molar-refractivity contribution is 5.95. The maximum Gasteiger partial charge on any atom is 0.243 e. The average molecular weight is 743 g/mol. The minimum absolute atomic E-state index is 0.0177. The van der Waals surface area contributed by atoms with Crippen LogP contribution in [0.5, 0.6) is 5.75 Å². The molecule has 0 radical (unpaired) electrons. The normalized spacial score (nSPS) is 13.7.